The smallest absolute Gasteiger partial charge is 0.417 e. The molecule has 0 aliphatic carbocycles. The summed E-state index contributed by atoms with van der Waals surface area (Å²) in [6.07, 6.45) is 10.4. The molecule has 176 valence electrons. The Kier molecular flexibility index (Phi) is 13.6. The van der Waals surface area contributed by atoms with Crippen LogP contribution in [0.15, 0.2) is 0 Å². The van der Waals surface area contributed by atoms with E-state index in [1.165, 1.54) is 44.9 Å². The Hall–Kier alpha value is 0.708. The Labute approximate surface area is 187 Å². The number of rotatable bonds is 17. The molecular formula is C21H53NO3Si4. The average Bonchev–Trinajstić information content (AvgIpc) is 2.48. The minimum Gasteiger partial charge on any atom is -0.417 e. The molecular weight excluding hydrogens is 427 g/mol. The lowest BCUT2D eigenvalue weighted by atomic mass is 10.0. The van der Waals surface area contributed by atoms with E-state index in [2.05, 4.69) is 78.2 Å². The number of hydrogen-bond donors (Lipinski definition) is 1. The Morgan fingerprint density at radius 1 is 0.621 bits per heavy atom. The fourth-order valence-electron chi connectivity index (χ4n) is 3.57. The van der Waals surface area contributed by atoms with Gasteiger partial charge in [-0.15, -0.1) is 0 Å². The molecule has 29 heavy (non-hydrogen) atoms. The van der Waals surface area contributed by atoms with Gasteiger partial charge in [0.25, 0.3) is 0 Å². The third kappa shape index (κ3) is 17.0. The van der Waals surface area contributed by atoms with Gasteiger partial charge in [0.05, 0.1) is 0 Å². The van der Waals surface area contributed by atoms with Crippen LogP contribution >= 0.6 is 0 Å². The van der Waals surface area contributed by atoms with Crippen molar-refractivity contribution in [1.82, 2.24) is 5.32 Å². The van der Waals surface area contributed by atoms with Crippen LogP contribution in [0.1, 0.15) is 58.3 Å². The van der Waals surface area contributed by atoms with Gasteiger partial charge in [-0.2, -0.15) is 0 Å². The number of nitrogens with one attached hydrogen (secondary N) is 1. The molecule has 0 aliphatic rings. The van der Waals surface area contributed by atoms with E-state index in [1.54, 1.807) is 0 Å². The van der Waals surface area contributed by atoms with E-state index in [9.17, 15) is 0 Å². The van der Waals surface area contributed by atoms with Crippen molar-refractivity contribution in [3.05, 3.63) is 0 Å². The topological polar surface area (TPSA) is 39.7 Å². The lowest BCUT2D eigenvalue weighted by Crippen LogP contribution is -2.60. The Morgan fingerprint density at radius 2 is 1.03 bits per heavy atom. The second-order valence-corrected chi connectivity index (χ2v) is 28.4. The molecule has 4 nitrogen and oxygen atoms in total. The number of hydrogen-bond acceptors (Lipinski definition) is 4. The maximum atomic E-state index is 6.82. The van der Waals surface area contributed by atoms with Gasteiger partial charge in [0.1, 0.15) is 0 Å². The van der Waals surface area contributed by atoms with Crippen molar-refractivity contribution in [2.75, 3.05) is 7.05 Å². The zero-order valence-electron chi connectivity index (χ0n) is 21.7. The van der Waals surface area contributed by atoms with Gasteiger partial charge < -0.3 is 17.7 Å². The largest absolute Gasteiger partial charge is 0.469 e. The van der Waals surface area contributed by atoms with Gasteiger partial charge in [-0.1, -0.05) is 45.4 Å². The lowest BCUT2D eigenvalue weighted by molar-refractivity contribution is 0.247. The van der Waals surface area contributed by atoms with Crippen LogP contribution in [0, 0.1) is 0 Å². The van der Waals surface area contributed by atoms with Crippen LogP contribution in [-0.4, -0.2) is 46.8 Å². The van der Waals surface area contributed by atoms with E-state index in [1.807, 2.05) is 0 Å². The molecule has 0 saturated heterocycles. The summed E-state index contributed by atoms with van der Waals surface area (Å²) in [6.45, 7) is 22.7. The first kappa shape index (κ1) is 29.7. The predicted molar refractivity (Wildman–Crippen MR) is 139 cm³/mol. The van der Waals surface area contributed by atoms with Gasteiger partial charge in [0.15, 0.2) is 25.0 Å². The molecule has 8 heteroatoms. The molecule has 1 atom stereocenters. The minimum atomic E-state index is -2.70. The molecule has 0 aromatic heterocycles. The van der Waals surface area contributed by atoms with Crippen molar-refractivity contribution in [1.29, 1.82) is 0 Å². The number of unbranched alkanes of at least 4 members (excludes halogenated alkanes) is 5. The summed E-state index contributed by atoms with van der Waals surface area (Å²) in [4.78, 5) is 0. The highest BCUT2D eigenvalue weighted by Gasteiger charge is 2.49. The maximum Gasteiger partial charge on any atom is 0.469 e. The summed E-state index contributed by atoms with van der Waals surface area (Å²) in [5, 5.41) is 3.55. The molecule has 0 amide bonds. The monoisotopic (exact) mass is 479 g/mol. The van der Waals surface area contributed by atoms with Gasteiger partial charge in [0, 0.05) is 12.1 Å². The molecule has 0 radical (unpaired) electrons. The van der Waals surface area contributed by atoms with Crippen molar-refractivity contribution in [2.24, 2.45) is 0 Å². The Morgan fingerprint density at radius 3 is 1.41 bits per heavy atom. The summed E-state index contributed by atoms with van der Waals surface area (Å²) < 4.78 is 20.5. The third-order valence-electron chi connectivity index (χ3n) is 4.50. The molecule has 0 fully saturated rings. The highest BCUT2D eigenvalue weighted by Crippen LogP contribution is 2.30. The zero-order valence-corrected chi connectivity index (χ0v) is 25.7. The summed E-state index contributed by atoms with van der Waals surface area (Å²) in [5.41, 5.74) is 0. The third-order valence-corrected chi connectivity index (χ3v) is 16.5. The van der Waals surface area contributed by atoms with Gasteiger partial charge >= 0.3 is 8.80 Å². The van der Waals surface area contributed by atoms with Gasteiger partial charge in [-0.25, -0.2) is 0 Å². The van der Waals surface area contributed by atoms with E-state index in [4.69, 9.17) is 12.3 Å². The van der Waals surface area contributed by atoms with Gasteiger partial charge in [-0.3, -0.25) is 0 Å². The van der Waals surface area contributed by atoms with Crippen LogP contribution in [0.2, 0.25) is 65.0 Å². The standard InChI is InChI=1S/C21H53NO3Si4/c1-12-13-14-15-16-17-18-21(22-2)19-20-29(23-26(3,4)5,24-27(6,7)8)25-28(9,10)11/h21-22H,12-20H2,1-11H3. The molecule has 0 aliphatic heterocycles. The minimum absolute atomic E-state index is 0.522. The van der Waals surface area contributed by atoms with Crippen LogP contribution in [0.25, 0.3) is 0 Å². The molecule has 0 aromatic carbocycles. The molecule has 1 unspecified atom stereocenters. The quantitative estimate of drug-likeness (QED) is 0.177. The van der Waals surface area contributed by atoms with E-state index >= 15 is 0 Å². The van der Waals surface area contributed by atoms with Crippen molar-refractivity contribution in [3.8, 4) is 0 Å². The maximum absolute atomic E-state index is 6.82. The Balaban J connectivity index is 5.14. The second kappa shape index (κ2) is 13.3. The molecule has 0 saturated carbocycles. The van der Waals surface area contributed by atoms with Crippen LogP contribution in [0.3, 0.4) is 0 Å². The van der Waals surface area contributed by atoms with Gasteiger partial charge in [0.2, 0.25) is 0 Å². The van der Waals surface area contributed by atoms with E-state index < -0.39 is 33.8 Å². The summed E-state index contributed by atoms with van der Waals surface area (Å²) in [6, 6.07) is 1.46. The average molecular weight is 480 g/mol. The lowest BCUT2D eigenvalue weighted by Gasteiger charge is -2.43. The highest BCUT2D eigenvalue weighted by atomic mass is 28.5. The van der Waals surface area contributed by atoms with Crippen LogP contribution in [0.5, 0.6) is 0 Å². The van der Waals surface area contributed by atoms with Crippen LogP contribution < -0.4 is 5.32 Å². The van der Waals surface area contributed by atoms with E-state index in [0.29, 0.717) is 6.04 Å². The first-order valence-corrected chi connectivity index (χ1v) is 24.0. The molecule has 1 N–H and O–H groups in total. The highest BCUT2D eigenvalue weighted by molar-refractivity contribution is 6.90. The zero-order chi connectivity index (χ0) is 22.8. The second-order valence-electron chi connectivity index (χ2n) is 11.4. The SMILES string of the molecule is CCCCCCCCC(CC[Si](O[Si](C)(C)C)(O[Si](C)(C)C)O[Si](C)(C)C)NC. The fraction of sp³-hybridized carbons (Fsp3) is 1.00. The first-order chi connectivity index (χ1) is 13.1. The first-order valence-electron chi connectivity index (χ1n) is 11.9. The fourth-order valence-corrected chi connectivity index (χ4v) is 18.3. The Bertz CT molecular complexity index is 390. The van der Waals surface area contributed by atoms with Crippen molar-refractivity contribution in [2.45, 2.75) is 129 Å². The van der Waals surface area contributed by atoms with Crippen molar-refractivity contribution >= 4 is 33.8 Å². The molecule has 0 spiro atoms. The molecule has 0 aromatic rings. The summed E-state index contributed by atoms with van der Waals surface area (Å²) in [7, 11) is -5.95. The molecule has 0 rings (SSSR count). The molecule has 0 heterocycles. The summed E-state index contributed by atoms with van der Waals surface area (Å²) in [5.74, 6) is 0. The van der Waals surface area contributed by atoms with Crippen molar-refractivity contribution < 1.29 is 12.3 Å². The summed E-state index contributed by atoms with van der Waals surface area (Å²) >= 11 is 0. The van der Waals surface area contributed by atoms with Crippen LogP contribution in [-0.2, 0) is 12.3 Å². The van der Waals surface area contributed by atoms with E-state index in [0.717, 1.165) is 12.5 Å². The molecule has 0 bridgehead atoms. The normalized spacial score (nSPS) is 15.0. The van der Waals surface area contributed by atoms with Crippen molar-refractivity contribution in [3.63, 3.8) is 0 Å². The van der Waals surface area contributed by atoms with E-state index in [-0.39, 0.29) is 0 Å². The van der Waals surface area contributed by atoms with Gasteiger partial charge in [-0.05, 0) is 78.8 Å². The van der Waals surface area contributed by atoms with Crippen LogP contribution in [0.4, 0.5) is 0 Å². The predicted octanol–water partition coefficient (Wildman–Crippen LogP) is 7.21.